The second kappa shape index (κ2) is 5.78. The second-order valence-electron chi connectivity index (χ2n) is 3.83. The summed E-state index contributed by atoms with van der Waals surface area (Å²) in [5.74, 6) is 0.151. The normalized spacial score (nSPS) is 18.2. The van der Waals surface area contributed by atoms with Crippen molar-refractivity contribution < 1.29 is 14.3 Å². The standard InChI is InChI=1S/C11H18O3/c1-2-3-8-14-11(13)9-4-6-10(12)7-5-9/h9H,2-8H2,1H3. The Labute approximate surface area is 84.8 Å². The van der Waals surface area contributed by atoms with E-state index in [0.29, 0.717) is 32.3 Å². The highest BCUT2D eigenvalue weighted by Crippen LogP contribution is 2.22. The molecule has 3 heteroatoms. The Kier molecular flexibility index (Phi) is 4.63. The molecule has 1 saturated carbocycles. The number of unbranched alkanes of at least 4 members (excludes halogenated alkanes) is 1. The summed E-state index contributed by atoms with van der Waals surface area (Å²) in [6.45, 7) is 2.59. The van der Waals surface area contributed by atoms with E-state index in [-0.39, 0.29) is 17.7 Å². The molecule has 1 aliphatic rings. The third kappa shape index (κ3) is 3.48. The monoisotopic (exact) mass is 198 g/mol. The largest absolute Gasteiger partial charge is 0.465 e. The predicted octanol–water partition coefficient (Wildman–Crippen LogP) is 2.09. The van der Waals surface area contributed by atoms with Gasteiger partial charge in [-0.1, -0.05) is 13.3 Å². The number of hydrogen-bond donors (Lipinski definition) is 0. The lowest BCUT2D eigenvalue weighted by Crippen LogP contribution is -2.23. The Bertz CT molecular complexity index is 201. The lowest BCUT2D eigenvalue weighted by Gasteiger charge is -2.19. The van der Waals surface area contributed by atoms with Gasteiger partial charge in [-0.25, -0.2) is 0 Å². The minimum atomic E-state index is -0.106. The predicted molar refractivity (Wildman–Crippen MR) is 52.8 cm³/mol. The zero-order chi connectivity index (χ0) is 10.4. The molecule has 1 fully saturated rings. The Morgan fingerprint density at radius 2 is 2.07 bits per heavy atom. The van der Waals surface area contributed by atoms with Crippen molar-refractivity contribution in [3.8, 4) is 0 Å². The van der Waals surface area contributed by atoms with Gasteiger partial charge in [-0.05, 0) is 19.3 Å². The molecule has 14 heavy (non-hydrogen) atoms. The molecule has 0 N–H and O–H groups in total. The van der Waals surface area contributed by atoms with E-state index in [9.17, 15) is 9.59 Å². The highest BCUT2D eigenvalue weighted by atomic mass is 16.5. The molecule has 0 radical (unpaired) electrons. The topological polar surface area (TPSA) is 43.4 Å². The minimum Gasteiger partial charge on any atom is -0.465 e. The number of ketones is 1. The molecule has 0 unspecified atom stereocenters. The maximum Gasteiger partial charge on any atom is 0.308 e. The number of hydrogen-bond acceptors (Lipinski definition) is 3. The molecule has 0 amide bonds. The Balaban J connectivity index is 2.20. The highest BCUT2D eigenvalue weighted by Gasteiger charge is 2.25. The number of esters is 1. The van der Waals surface area contributed by atoms with E-state index in [1.807, 2.05) is 0 Å². The lowest BCUT2D eigenvalue weighted by atomic mass is 9.88. The highest BCUT2D eigenvalue weighted by molar-refractivity contribution is 5.82. The zero-order valence-electron chi connectivity index (χ0n) is 8.75. The van der Waals surface area contributed by atoms with E-state index in [0.717, 1.165) is 12.8 Å². The van der Waals surface area contributed by atoms with Gasteiger partial charge in [-0.15, -0.1) is 0 Å². The van der Waals surface area contributed by atoms with Crippen molar-refractivity contribution in [1.82, 2.24) is 0 Å². The number of rotatable bonds is 4. The molecule has 0 atom stereocenters. The van der Waals surface area contributed by atoms with Crippen LogP contribution in [-0.4, -0.2) is 18.4 Å². The molecule has 1 aliphatic carbocycles. The van der Waals surface area contributed by atoms with Crippen LogP contribution in [0.2, 0.25) is 0 Å². The molecule has 0 spiro atoms. The molecule has 0 heterocycles. The van der Waals surface area contributed by atoms with Crippen molar-refractivity contribution in [2.75, 3.05) is 6.61 Å². The number of carbonyl (C=O) groups is 2. The molecule has 80 valence electrons. The van der Waals surface area contributed by atoms with Gasteiger partial charge < -0.3 is 4.74 Å². The van der Waals surface area contributed by atoms with E-state index in [2.05, 4.69) is 6.92 Å². The van der Waals surface area contributed by atoms with Crippen molar-refractivity contribution in [1.29, 1.82) is 0 Å². The summed E-state index contributed by atoms with van der Waals surface area (Å²) in [7, 11) is 0. The van der Waals surface area contributed by atoms with Crippen LogP contribution < -0.4 is 0 Å². The fourth-order valence-electron chi connectivity index (χ4n) is 1.61. The van der Waals surface area contributed by atoms with E-state index in [4.69, 9.17) is 4.74 Å². The van der Waals surface area contributed by atoms with Crippen LogP contribution in [0.1, 0.15) is 45.4 Å². The van der Waals surface area contributed by atoms with Crippen molar-refractivity contribution >= 4 is 11.8 Å². The maximum atomic E-state index is 11.4. The first-order chi connectivity index (χ1) is 6.74. The molecule has 0 aromatic rings. The molecule has 0 aromatic carbocycles. The molecule has 0 saturated heterocycles. The van der Waals surface area contributed by atoms with Crippen molar-refractivity contribution in [3.63, 3.8) is 0 Å². The first-order valence-electron chi connectivity index (χ1n) is 5.42. The Morgan fingerprint density at radius 3 is 2.64 bits per heavy atom. The van der Waals surface area contributed by atoms with Gasteiger partial charge in [0.25, 0.3) is 0 Å². The van der Waals surface area contributed by atoms with Gasteiger partial charge in [-0.3, -0.25) is 9.59 Å². The van der Waals surface area contributed by atoms with E-state index in [1.54, 1.807) is 0 Å². The van der Waals surface area contributed by atoms with Crippen LogP contribution >= 0.6 is 0 Å². The van der Waals surface area contributed by atoms with Gasteiger partial charge in [-0.2, -0.15) is 0 Å². The van der Waals surface area contributed by atoms with Gasteiger partial charge in [0.2, 0.25) is 0 Å². The number of Topliss-reactive ketones (excluding diaryl/α,β-unsaturated/α-hetero) is 1. The summed E-state index contributed by atoms with van der Waals surface area (Å²) >= 11 is 0. The minimum absolute atomic E-state index is 0.0236. The second-order valence-corrected chi connectivity index (χ2v) is 3.83. The fourth-order valence-corrected chi connectivity index (χ4v) is 1.61. The Morgan fingerprint density at radius 1 is 1.43 bits per heavy atom. The maximum absolute atomic E-state index is 11.4. The van der Waals surface area contributed by atoms with Crippen LogP contribution in [0.4, 0.5) is 0 Å². The molecule has 0 aromatic heterocycles. The van der Waals surface area contributed by atoms with Crippen molar-refractivity contribution in [3.05, 3.63) is 0 Å². The summed E-state index contributed by atoms with van der Waals surface area (Å²) in [6.07, 6.45) is 4.43. The van der Waals surface area contributed by atoms with Crippen molar-refractivity contribution in [2.24, 2.45) is 5.92 Å². The van der Waals surface area contributed by atoms with Crippen LogP contribution in [-0.2, 0) is 14.3 Å². The number of carbonyl (C=O) groups excluding carboxylic acids is 2. The van der Waals surface area contributed by atoms with Gasteiger partial charge in [0.05, 0.1) is 12.5 Å². The molecule has 0 bridgehead atoms. The molecule has 1 rings (SSSR count). The number of ether oxygens (including phenoxy) is 1. The van der Waals surface area contributed by atoms with Crippen LogP contribution in [0, 0.1) is 5.92 Å². The first kappa shape index (κ1) is 11.2. The summed E-state index contributed by atoms with van der Waals surface area (Å²) in [5.41, 5.74) is 0. The van der Waals surface area contributed by atoms with Gasteiger partial charge in [0.1, 0.15) is 5.78 Å². The third-order valence-electron chi connectivity index (χ3n) is 2.62. The van der Waals surface area contributed by atoms with E-state index < -0.39 is 0 Å². The SMILES string of the molecule is CCCCOC(=O)C1CCC(=O)CC1. The summed E-state index contributed by atoms with van der Waals surface area (Å²) < 4.78 is 5.11. The fraction of sp³-hybridized carbons (Fsp3) is 0.818. The smallest absolute Gasteiger partial charge is 0.308 e. The molecule has 0 aliphatic heterocycles. The zero-order valence-corrected chi connectivity index (χ0v) is 8.75. The first-order valence-corrected chi connectivity index (χ1v) is 5.42. The van der Waals surface area contributed by atoms with Crippen LogP contribution in [0.25, 0.3) is 0 Å². The van der Waals surface area contributed by atoms with Crippen LogP contribution in [0.5, 0.6) is 0 Å². The lowest BCUT2D eigenvalue weighted by molar-refractivity contribution is -0.150. The van der Waals surface area contributed by atoms with Gasteiger partial charge >= 0.3 is 5.97 Å². The van der Waals surface area contributed by atoms with E-state index in [1.165, 1.54) is 0 Å². The van der Waals surface area contributed by atoms with Crippen LogP contribution in [0.3, 0.4) is 0 Å². The van der Waals surface area contributed by atoms with Gasteiger partial charge in [0, 0.05) is 12.8 Å². The molecule has 3 nitrogen and oxygen atoms in total. The summed E-state index contributed by atoms with van der Waals surface area (Å²) in [4.78, 5) is 22.4. The average molecular weight is 198 g/mol. The summed E-state index contributed by atoms with van der Waals surface area (Å²) in [6, 6.07) is 0. The summed E-state index contributed by atoms with van der Waals surface area (Å²) in [5, 5.41) is 0. The van der Waals surface area contributed by atoms with Gasteiger partial charge in [0.15, 0.2) is 0 Å². The van der Waals surface area contributed by atoms with E-state index >= 15 is 0 Å². The Hall–Kier alpha value is -0.860. The third-order valence-corrected chi connectivity index (χ3v) is 2.62. The quantitative estimate of drug-likeness (QED) is 0.513. The molecular weight excluding hydrogens is 180 g/mol. The van der Waals surface area contributed by atoms with Crippen molar-refractivity contribution in [2.45, 2.75) is 45.4 Å². The van der Waals surface area contributed by atoms with Crippen LogP contribution in [0.15, 0.2) is 0 Å². The average Bonchev–Trinajstić information content (AvgIpc) is 2.19. The molecular formula is C11H18O3.